The lowest BCUT2D eigenvalue weighted by atomic mass is 10.0. The van der Waals surface area contributed by atoms with Crippen LogP contribution in [0.5, 0.6) is 0 Å². The quantitative estimate of drug-likeness (QED) is 0.745. The molecule has 0 saturated carbocycles. The predicted octanol–water partition coefficient (Wildman–Crippen LogP) is 3.23. The van der Waals surface area contributed by atoms with Crippen LogP contribution in [0.15, 0.2) is 66.9 Å². The van der Waals surface area contributed by atoms with Gasteiger partial charge in [-0.15, -0.1) is 0 Å². The van der Waals surface area contributed by atoms with Gasteiger partial charge in [0.25, 0.3) is 0 Å². The van der Waals surface area contributed by atoms with Gasteiger partial charge in [-0.2, -0.15) is 0 Å². The fraction of sp³-hybridized carbons (Fsp3) is 0.304. The van der Waals surface area contributed by atoms with E-state index >= 15 is 0 Å². The van der Waals surface area contributed by atoms with Crippen molar-refractivity contribution in [3.63, 3.8) is 0 Å². The number of aromatic nitrogens is 1. The van der Waals surface area contributed by atoms with Crippen molar-refractivity contribution in [1.29, 1.82) is 0 Å². The Morgan fingerprint density at radius 1 is 1.00 bits per heavy atom. The van der Waals surface area contributed by atoms with Crippen LogP contribution in [0.2, 0.25) is 0 Å². The van der Waals surface area contributed by atoms with E-state index in [-0.39, 0.29) is 11.9 Å². The molecule has 1 saturated heterocycles. The second kappa shape index (κ2) is 8.40. The van der Waals surface area contributed by atoms with Crippen molar-refractivity contribution >= 4 is 22.5 Å². The number of anilines is 1. The maximum atomic E-state index is 12.5. The van der Waals surface area contributed by atoms with Gasteiger partial charge < -0.3 is 10.2 Å². The van der Waals surface area contributed by atoms with Gasteiger partial charge in [-0.1, -0.05) is 42.5 Å². The Bertz CT molecular complexity index is 935. The summed E-state index contributed by atoms with van der Waals surface area (Å²) >= 11 is 0. The summed E-state index contributed by atoms with van der Waals surface area (Å²) in [4.78, 5) is 21.4. The minimum atomic E-state index is -0.00749. The van der Waals surface area contributed by atoms with Gasteiger partial charge in [0.15, 0.2) is 0 Å². The van der Waals surface area contributed by atoms with Gasteiger partial charge in [-0.25, -0.2) is 4.98 Å². The number of amides is 1. The van der Waals surface area contributed by atoms with Crippen LogP contribution in [-0.4, -0.2) is 48.5 Å². The third-order valence-electron chi connectivity index (χ3n) is 5.36. The number of hydrogen-bond donors (Lipinski definition) is 1. The number of piperazine rings is 1. The third kappa shape index (κ3) is 4.31. The van der Waals surface area contributed by atoms with Gasteiger partial charge in [0, 0.05) is 32.4 Å². The highest BCUT2D eigenvalue weighted by molar-refractivity contribution is 5.83. The predicted molar refractivity (Wildman–Crippen MR) is 113 cm³/mol. The maximum absolute atomic E-state index is 12.5. The lowest BCUT2D eigenvalue weighted by Crippen LogP contribution is -2.49. The van der Waals surface area contributed by atoms with Crippen LogP contribution in [0.25, 0.3) is 10.8 Å². The van der Waals surface area contributed by atoms with E-state index in [1.807, 2.05) is 43.5 Å². The van der Waals surface area contributed by atoms with E-state index in [0.29, 0.717) is 6.54 Å². The molecule has 4 rings (SSSR count). The van der Waals surface area contributed by atoms with E-state index in [9.17, 15) is 4.79 Å². The molecule has 5 nitrogen and oxygen atoms in total. The number of nitrogens with one attached hydrogen (secondary N) is 1. The van der Waals surface area contributed by atoms with Crippen LogP contribution in [0.3, 0.4) is 0 Å². The maximum Gasteiger partial charge on any atom is 0.234 e. The average molecular weight is 374 g/mol. The fourth-order valence-corrected chi connectivity index (χ4v) is 3.73. The zero-order chi connectivity index (χ0) is 19.3. The van der Waals surface area contributed by atoms with E-state index in [2.05, 4.69) is 50.4 Å². The van der Waals surface area contributed by atoms with Gasteiger partial charge >= 0.3 is 0 Å². The highest BCUT2D eigenvalue weighted by Gasteiger charge is 2.20. The molecule has 0 spiro atoms. The highest BCUT2D eigenvalue weighted by atomic mass is 16.2. The minimum Gasteiger partial charge on any atom is -0.354 e. The number of fused-ring (bicyclic) bond motifs is 1. The molecule has 0 bridgehead atoms. The van der Waals surface area contributed by atoms with Crippen LogP contribution >= 0.6 is 0 Å². The number of rotatable bonds is 5. The Morgan fingerprint density at radius 2 is 1.75 bits per heavy atom. The molecule has 28 heavy (non-hydrogen) atoms. The van der Waals surface area contributed by atoms with E-state index in [4.69, 9.17) is 0 Å². The monoisotopic (exact) mass is 374 g/mol. The van der Waals surface area contributed by atoms with Gasteiger partial charge in [-0.3, -0.25) is 9.69 Å². The first kappa shape index (κ1) is 18.4. The van der Waals surface area contributed by atoms with E-state index in [1.165, 1.54) is 10.8 Å². The number of benzene rings is 2. The SMILES string of the molecule is CC(NC(=O)CN1CCN(c2ccccn2)CC1)c1ccc2ccccc2c1. The molecule has 1 fully saturated rings. The van der Waals surface area contributed by atoms with Crippen molar-refractivity contribution in [3.05, 3.63) is 72.4 Å². The number of carbonyl (C=O) groups is 1. The molecule has 1 aliphatic heterocycles. The smallest absolute Gasteiger partial charge is 0.234 e. The van der Waals surface area contributed by atoms with Gasteiger partial charge in [-0.05, 0) is 41.5 Å². The van der Waals surface area contributed by atoms with Gasteiger partial charge in [0.2, 0.25) is 5.91 Å². The summed E-state index contributed by atoms with van der Waals surface area (Å²) in [6, 6.07) is 20.6. The molecule has 1 aliphatic rings. The van der Waals surface area contributed by atoms with Crippen LogP contribution in [0.4, 0.5) is 5.82 Å². The standard InChI is InChI=1S/C23H26N4O/c1-18(20-10-9-19-6-2-3-7-21(19)16-20)25-23(28)17-26-12-14-27(15-13-26)22-8-4-5-11-24-22/h2-11,16,18H,12-15,17H2,1H3,(H,25,28). The molecule has 2 aromatic carbocycles. The Kier molecular flexibility index (Phi) is 5.53. The van der Waals surface area contributed by atoms with Crippen molar-refractivity contribution in [2.75, 3.05) is 37.6 Å². The first-order chi connectivity index (χ1) is 13.7. The van der Waals surface area contributed by atoms with Crippen LogP contribution in [0, 0.1) is 0 Å². The number of nitrogens with zero attached hydrogens (tertiary/aromatic N) is 3. The summed E-state index contributed by atoms with van der Waals surface area (Å²) in [7, 11) is 0. The summed E-state index contributed by atoms with van der Waals surface area (Å²) < 4.78 is 0. The van der Waals surface area contributed by atoms with E-state index in [1.54, 1.807) is 0 Å². The molecule has 1 atom stereocenters. The number of carbonyl (C=O) groups excluding carboxylic acids is 1. The van der Waals surface area contributed by atoms with E-state index < -0.39 is 0 Å². The van der Waals surface area contributed by atoms with E-state index in [0.717, 1.165) is 37.6 Å². The molecule has 1 N–H and O–H groups in total. The van der Waals surface area contributed by atoms with Crippen LogP contribution < -0.4 is 10.2 Å². The molecule has 1 amide bonds. The molecule has 2 heterocycles. The van der Waals surface area contributed by atoms with Crippen molar-refractivity contribution in [1.82, 2.24) is 15.2 Å². The van der Waals surface area contributed by atoms with Crippen LogP contribution in [-0.2, 0) is 4.79 Å². The molecular formula is C23H26N4O. The zero-order valence-electron chi connectivity index (χ0n) is 16.2. The fourth-order valence-electron chi connectivity index (χ4n) is 3.73. The molecule has 1 unspecified atom stereocenters. The molecule has 5 heteroatoms. The lowest BCUT2D eigenvalue weighted by molar-refractivity contribution is -0.123. The molecule has 0 aliphatic carbocycles. The second-order valence-electron chi connectivity index (χ2n) is 7.35. The summed E-state index contributed by atoms with van der Waals surface area (Å²) in [6.45, 7) is 6.01. The van der Waals surface area contributed by atoms with Crippen LogP contribution in [0.1, 0.15) is 18.5 Å². The first-order valence-electron chi connectivity index (χ1n) is 9.85. The van der Waals surface area contributed by atoms with Gasteiger partial charge in [0.1, 0.15) is 5.82 Å². The minimum absolute atomic E-state index is 0.00749. The molecule has 144 valence electrons. The zero-order valence-corrected chi connectivity index (χ0v) is 16.2. The molecule has 3 aromatic rings. The molecular weight excluding hydrogens is 348 g/mol. The average Bonchev–Trinajstić information content (AvgIpc) is 2.74. The summed E-state index contributed by atoms with van der Waals surface area (Å²) in [5.74, 6) is 1.09. The number of hydrogen-bond acceptors (Lipinski definition) is 4. The van der Waals surface area contributed by atoms with Crippen molar-refractivity contribution in [3.8, 4) is 0 Å². The summed E-state index contributed by atoms with van der Waals surface area (Å²) in [5.41, 5.74) is 1.13. The Balaban J connectivity index is 1.29. The van der Waals surface area contributed by atoms with Crippen molar-refractivity contribution in [2.24, 2.45) is 0 Å². The van der Waals surface area contributed by atoms with Crippen molar-refractivity contribution in [2.45, 2.75) is 13.0 Å². The number of pyridine rings is 1. The van der Waals surface area contributed by atoms with Gasteiger partial charge in [0.05, 0.1) is 12.6 Å². The lowest BCUT2D eigenvalue weighted by Gasteiger charge is -2.35. The largest absolute Gasteiger partial charge is 0.354 e. The molecule has 0 radical (unpaired) electrons. The Morgan fingerprint density at radius 3 is 2.50 bits per heavy atom. The second-order valence-corrected chi connectivity index (χ2v) is 7.35. The first-order valence-corrected chi connectivity index (χ1v) is 9.85. The normalized spacial score (nSPS) is 16.1. The highest BCUT2D eigenvalue weighted by Crippen LogP contribution is 2.20. The molecule has 1 aromatic heterocycles. The Hall–Kier alpha value is -2.92. The summed E-state index contributed by atoms with van der Waals surface area (Å²) in [5, 5.41) is 5.56. The van der Waals surface area contributed by atoms with Crippen molar-refractivity contribution < 1.29 is 4.79 Å². The third-order valence-corrected chi connectivity index (χ3v) is 5.36. The topological polar surface area (TPSA) is 48.5 Å². The Labute approximate surface area is 166 Å². The summed E-state index contributed by atoms with van der Waals surface area (Å²) in [6.07, 6.45) is 1.82.